The van der Waals surface area contributed by atoms with Gasteiger partial charge >= 0.3 is 0 Å². The lowest BCUT2D eigenvalue weighted by Gasteiger charge is -2.14. The number of hydrogen-bond acceptors (Lipinski definition) is 4. The minimum atomic E-state index is -3.81. The van der Waals surface area contributed by atoms with Crippen molar-refractivity contribution in [2.75, 3.05) is 4.72 Å². The van der Waals surface area contributed by atoms with Gasteiger partial charge in [-0.3, -0.25) is 14.5 Å². The second kappa shape index (κ2) is 8.22. The van der Waals surface area contributed by atoms with Crippen LogP contribution in [0.1, 0.15) is 34.6 Å². The average Bonchev–Trinajstić information content (AvgIpc) is 2.70. The number of nitrogens with zero attached hydrogens (tertiary/aromatic N) is 1. The van der Waals surface area contributed by atoms with Crippen molar-refractivity contribution in [1.29, 1.82) is 0 Å². The van der Waals surface area contributed by atoms with Gasteiger partial charge in [0.15, 0.2) is 0 Å². The molecule has 144 valence electrons. The molecule has 0 unspecified atom stereocenters. The molecule has 1 amide bonds. The minimum absolute atomic E-state index is 0.0196. The molecule has 7 heteroatoms. The van der Waals surface area contributed by atoms with E-state index in [2.05, 4.69) is 15.0 Å². The summed E-state index contributed by atoms with van der Waals surface area (Å²) < 4.78 is 27.8. The molecule has 3 rings (SSSR count). The molecule has 6 nitrogen and oxygen atoms in total. The first-order valence-corrected chi connectivity index (χ1v) is 10.2. The largest absolute Gasteiger partial charge is 0.344 e. The summed E-state index contributed by atoms with van der Waals surface area (Å²) in [5.41, 5.74) is 2.48. The van der Waals surface area contributed by atoms with E-state index in [0.717, 1.165) is 11.3 Å². The standard InChI is InChI=1S/C21H21N3O3S/c1-15-9-11-18(12-10-15)24-28(26,27)19-7-5-6-17(14-19)21(25)23-16(2)20-8-3-4-13-22-20/h3-14,16,24H,1-2H3,(H,23,25)/t16-/m1/s1. The van der Waals surface area contributed by atoms with Crippen LogP contribution in [0.25, 0.3) is 0 Å². The lowest BCUT2D eigenvalue weighted by Crippen LogP contribution is -2.27. The molecule has 0 fully saturated rings. The predicted molar refractivity (Wildman–Crippen MR) is 109 cm³/mol. The van der Waals surface area contributed by atoms with Crippen molar-refractivity contribution < 1.29 is 13.2 Å². The SMILES string of the molecule is Cc1ccc(NS(=O)(=O)c2cccc(C(=O)N[C@H](C)c3ccccn3)c2)cc1. The van der Waals surface area contributed by atoms with Gasteiger partial charge in [-0.25, -0.2) is 8.42 Å². The van der Waals surface area contributed by atoms with E-state index in [1.807, 2.05) is 38.1 Å². The van der Waals surface area contributed by atoms with Gasteiger partial charge in [-0.2, -0.15) is 0 Å². The molecule has 28 heavy (non-hydrogen) atoms. The third-order valence-corrected chi connectivity index (χ3v) is 5.57. The fraction of sp³-hybridized carbons (Fsp3) is 0.143. The van der Waals surface area contributed by atoms with E-state index < -0.39 is 10.0 Å². The van der Waals surface area contributed by atoms with Crippen molar-refractivity contribution in [2.45, 2.75) is 24.8 Å². The highest BCUT2D eigenvalue weighted by atomic mass is 32.2. The molecule has 1 heterocycles. The highest BCUT2D eigenvalue weighted by Crippen LogP contribution is 2.18. The van der Waals surface area contributed by atoms with Gasteiger partial charge in [-0.05, 0) is 56.3 Å². The number of aromatic nitrogens is 1. The van der Waals surface area contributed by atoms with Gasteiger partial charge < -0.3 is 5.32 Å². The summed E-state index contributed by atoms with van der Waals surface area (Å²) >= 11 is 0. The van der Waals surface area contributed by atoms with Crippen LogP contribution in [0.5, 0.6) is 0 Å². The lowest BCUT2D eigenvalue weighted by atomic mass is 10.1. The van der Waals surface area contributed by atoms with Crippen molar-refractivity contribution in [3.8, 4) is 0 Å². The number of aryl methyl sites for hydroxylation is 1. The van der Waals surface area contributed by atoms with E-state index in [0.29, 0.717) is 5.69 Å². The van der Waals surface area contributed by atoms with Crippen LogP contribution in [0.2, 0.25) is 0 Å². The number of anilines is 1. The Kier molecular flexibility index (Phi) is 5.75. The molecule has 3 aromatic rings. The van der Waals surface area contributed by atoms with Crippen molar-refractivity contribution in [2.24, 2.45) is 0 Å². The van der Waals surface area contributed by atoms with Crippen LogP contribution >= 0.6 is 0 Å². The number of nitrogens with one attached hydrogen (secondary N) is 2. The van der Waals surface area contributed by atoms with E-state index in [1.54, 1.807) is 36.5 Å². The van der Waals surface area contributed by atoms with Crippen LogP contribution in [0.4, 0.5) is 5.69 Å². The zero-order valence-corrected chi connectivity index (χ0v) is 16.4. The molecular weight excluding hydrogens is 374 g/mol. The maximum absolute atomic E-state index is 12.7. The molecule has 1 atom stereocenters. The summed E-state index contributed by atoms with van der Waals surface area (Å²) in [6, 6.07) is 18.1. The number of amides is 1. The highest BCUT2D eigenvalue weighted by molar-refractivity contribution is 7.92. The number of pyridine rings is 1. The van der Waals surface area contributed by atoms with Crippen LogP contribution in [0, 0.1) is 6.92 Å². The minimum Gasteiger partial charge on any atom is -0.344 e. The number of carbonyl (C=O) groups excluding carboxylic acids is 1. The maximum Gasteiger partial charge on any atom is 0.261 e. The Morgan fingerprint density at radius 1 is 1.00 bits per heavy atom. The summed E-state index contributed by atoms with van der Waals surface area (Å²) in [7, 11) is -3.81. The summed E-state index contributed by atoms with van der Waals surface area (Å²) in [5, 5.41) is 2.83. The number of carbonyl (C=O) groups is 1. The maximum atomic E-state index is 12.7. The Morgan fingerprint density at radius 3 is 2.43 bits per heavy atom. The Morgan fingerprint density at radius 2 is 1.75 bits per heavy atom. The van der Waals surface area contributed by atoms with Gasteiger partial charge in [0.1, 0.15) is 0 Å². The van der Waals surface area contributed by atoms with Gasteiger partial charge in [0.2, 0.25) is 0 Å². The summed E-state index contributed by atoms with van der Waals surface area (Å²) in [6.07, 6.45) is 1.65. The number of benzene rings is 2. The first kappa shape index (κ1) is 19.6. The molecular formula is C21H21N3O3S. The molecule has 0 radical (unpaired) electrons. The monoisotopic (exact) mass is 395 g/mol. The molecule has 0 spiro atoms. The van der Waals surface area contributed by atoms with E-state index in [-0.39, 0.29) is 22.4 Å². The first-order chi connectivity index (χ1) is 13.3. The van der Waals surface area contributed by atoms with Gasteiger partial charge in [0, 0.05) is 17.4 Å². The fourth-order valence-corrected chi connectivity index (χ4v) is 3.73. The number of hydrogen-bond donors (Lipinski definition) is 2. The van der Waals surface area contributed by atoms with Crippen LogP contribution in [-0.2, 0) is 10.0 Å². The van der Waals surface area contributed by atoms with Crippen LogP contribution < -0.4 is 10.0 Å². The lowest BCUT2D eigenvalue weighted by molar-refractivity contribution is 0.0939. The Labute approximate surface area is 164 Å². The summed E-state index contributed by atoms with van der Waals surface area (Å²) in [5.74, 6) is -0.370. The quantitative estimate of drug-likeness (QED) is 0.666. The molecule has 0 aliphatic rings. The molecule has 0 saturated heterocycles. The van der Waals surface area contributed by atoms with E-state index in [9.17, 15) is 13.2 Å². The number of rotatable bonds is 6. The van der Waals surface area contributed by atoms with E-state index in [1.165, 1.54) is 12.1 Å². The van der Waals surface area contributed by atoms with Gasteiger partial charge in [-0.15, -0.1) is 0 Å². The highest BCUT2D eigenvalue weighted by Gasteiger charge is 2.18. The van der Waals surface area contributed by atoms with Crippen molar-refractivity contribution in [1.82, 2.24) is 10.3 Å². The molecule has 2 N–H and O–H groups in total. The van der Waals surface area contributed by atoms with Gasteiger partial charge in [0.25, 0.3) is 15.9 Å². The molecule has 2 aromatic carbocycles. The average molecular weight is 395 g/mol. The van der Waals surface area contributed by atoms with Crippen molar-refractivity contribution >= 4 is 21.6 Å². The second-order valence-electron chi connectivity index (χ2n) is 6.45. The number of sulfonamides is 1. The molecule has 0 bridgehead atoms. The smallest absolute Gasteiger partial charge is 0.261 e. The summed E-state index contributed by atoms with van der Waals surface area (Å²) in [4.78, 5) is 16.8. The second-order valence-corrected chi connectivity index (χ2v) is 8.13. The first-order valence-electron chi connectivity index (χ1n) is 8.76. The molecule has 0 aliphatic heterocycles. The van der Waals surface area contributed by atoms with Crippen molar-refractivity contribution in [3.63, 3.8) is 0 Å². The topological polar surface area (TPSA) is 88.2 Å². The third kappa shape index (κ3) is 4.75. The molecule has 0 saturated carbocycles. The van der Waals surface area contributed by atoms with Gasteiger partial charge in [-0.1, -0.05) is 29.8 Å². The Hall–Kier alpha value is -3.19. The summed E-state index contributed by atoms with van der Waals surface area (Å²) in [6.45, 7) is 3.74. The van der Waals surface area contributed by atoms with E-state index in [4.69, 9.17) is 0 Å². The predicted octanol–water partition coefficient (Wildman–Crippen LogP) is 3.68. The van der Waals surface area contributed by atoms with Crippen molar-refractivity contribution in [3.05, 3.63) is 89.7 Å². The normalized spacial score (nSPS) is 12.2. The van der Waals surface area contributed by atoms with Crippen LogP contribution in [-0.4, -0.2) is 19.3 Å². The van der Waals surface area contributed by atoms with Crippen LogP contribution in [0.15, 0.2) is 77.8 Å². The third-order valence-electron chi connectivity index (χ3n) is 4.19. The van der Waals surface area contributed by atoms with E-state index >= 15 is 0 Å². The Bertz CT molecular complexity index is 1070. The fourth-order valence-electron chi connectivity index (χ4n) is 2.63. The zero-order chi connectivity index (χ0) is 20.1. The van der Waals surface area contributed by atoms with Crippen LogP contribution in [0.3, 0.4) is 0 Å². The zero-order valence-electron chi connectivity index (χ0n) is 15.6. The molecule has 1 aromatic heterocycles. The molecule has 0 aliphatic carbocycles. The Balaban J connectivity index is 1.77. The van der Waals surface area contributed by atoms with Gasteiger partial charge in [0.05, 0.1) is 16.6 Å².